The molecule has 4 aromatic rings. The predicted molar refractivity (Wildman–Crippen MR) is 119 cm³/mol. The zero-order chi connectivity index (χ0) is 23.2. The van der Waals surface area contributed by atoms with Crippen molar-refractivity contribution in [3.8, 4) is 5.75 Å². The van der Waals surface area contributed by atoms with Crippen LogP contribution < -0.4 is 10.1 Å². The van der Waals surface area contributed by atoms with E-state index in [9.17, 15) is 9.59 Å². The summed E-state index contributed by atoms with van der Waals surface area (Å²) in [6.45, 7) is 0.529. The van der Waals surface area contributed by atoms with E-state index in [0.29, 0.717) is 28.6 Å². The highest BCUT2D eigenvalue weighted by Crippen LogP contribution is 2.18. The number of rotatable bonds is 8. The van der Waals surface area contributed by atoms with Crippen LogP contribution in [0.5, 0.6) is 5.75 Å². The molecule has 0 aliphatic carbocycles. The Labute approximate surface area is 193 Å². The number of hydrogen-bond donors (Lipinski definition) is 1. The number of hydrogen-bond acceptors (Lipinski definition) is 7. The topological polar surface area (TPSA) is 108 Å². The number of ether oxygens (including phenoxy) is 2. The van der Waals surface area contributed by atoms with Gasteiger partial charge < -0.3 is 13.9 Å². The van der Waals surface area contributed by atoms with Gasteiger partial charge in [0.2, 0.25) is 5.95 Å². The van der Waals surface area contributed by atoms with E-state index in [-0.39, 0.29) is 18.3 Å². The first-order valence-corrected chi connectivity index (χ1v) is 10.2. The number of methoxy groups -OCH3 is 1. The summed E-state index contributed by atoms with van der Waals surface area (Å²) in [4.78, 5) is 28.0. The molecule has 33 heavy (non-hydrogen) atoms. The molecule has 0 atom stereocenters. The highest BCUT2D eigenvalue weighted by molar-refractivity contribution is 6.31. The molecule has 9 nitrogen and oxygen atoms in total. The first kappa shape index (κ1) is 22.1. The second kappa shape index (κ2) is 10.0. The molecule has 0 unspecified atom stereocenters. The molecule has 0 fully saturated rings. The van der Waals surface area contributed by atoms with Gasteiger partial charge in [-0.25, -0.2) is 14.5 Å². The van der Waals surface area contributed by atoms with Gasteiger partial charge in [-0.05, 0) is 48.0 Å². The summed E-state index contributed by atoms with van der Waals surface area (Å²) >= 11 is 6.17. The van der Waals surface area contributed by atoms with Crippen LogP contribution in [0.25, 0.3) is 0 Å². The van der Waals surface area contributed by atoms with E-state index in [4.69, 9.17) is 20.8 Å². The lowest BCUT2D eigenvalue weighted by Crippen LogP contribution is -2.12. The molecule has 0 aliphatic heterocycles. The number of anilines is 1. The molecule has 0 spiro atoms. The van der Waals surface area contributed by atoms with Crippen molar-refractivity contribution in [2.45, 2.75) is 13.2 Å². The van der Waals surface area contributed by atoms with Gasteiger partial charge in [-0.2, -0.15) is 0 Å². The van der Waals surface area contributed by atoms with Crippen LogP contribution in [0.4, 0.5) is 5.95 Å². The Kier molecular flexibility index (Phi) is 6.70. The number of carbonyl (C=O) groups excluding carboxylic acids is 2. The SMILES string of the molecule is COC(=O)c1ccc(OCc2ccc(C(=O)Nc3ncn(Cc4ccccc4Cl)n3)o2)cc1. The van der Waals surface area contributed by atoms with Gasteiger partial charge in [-0.15, -0.1) is 5.10 Å². The van der Waals surface area contributed by atoms with Crippen LogP contribution in [0, 0.1) is 0 Å². The zero-order valence-electron chi connectivity index (χ0n) is 17.5. The number of esters is 1. The van der Waals surface area contributed by atoms with Gasteiger partial charge in [0, 0.05) is 5.02 Å². The number of benzene rings is 2. The second-order valence-electron chi connectivity index (χ2n) is 6.88. The van der Waals surface area contributed by atoms with E-state index >= 15 is 0 Å². The monoisotopic (exact) mass is 466 g/mol. The minimum atomic E-state index is -0.487. The van der Waals surface area contributed by atoms with Gasteiger partial charge in [0.05, 0.1) is 19.2 Å². The third-order valence-corrected chi connectivity index (χ3v) is 4.96. The Morgan fingerprint density at radius 2 is 1.88 bits per heavy atom. The molecule has 10 heteroatoms. The van der Waals surface area contributed by atoms with E-state index in [1.807, 2.05) is 18.2 Å². The van der Waals surface area contributed by atoms with Crippen LogP contribution in [0.15, 0.2) is 71.4 Å². The summed E-state index contributed by atoms with van der Waals surface area (Å²) in [5.41, 5.74) is 1.31. The van der Waals surface area contributed by atoms with E-state index in [0.717, 1.165) is 5.56 Å². The maximum absolute atomic E-state index is 12.5. The molecule has 168 valence electrons. The van der Waals surface area contributed by atoms with Gasteiger partial charge in [0.25, 0.3) is 5.91 Å². The van der Waals surface area contributed by atoms with Gasteiger partial charge in [-0.1, -0.05) is 29.8 Å². The van der Waals surface area contributed by atoms with Crippen LogP contribution in [-0.2, 0) is 17.9 Å². The Hall–Kier alpha value is -4.11. The molecule has 2 aromatic carbocycles. The molecular weight excluding hydrogens is 448 g/mol. The van der Waals surface area contributed by atoms with Crippen LogP contribution >= 0.6 is 11.6 Å². The molecule has 0 aliphatic rings. The molecule has 4 rings (SSSR count). The standard InChI is InChI=1S/C23H19ClN4O5/c1-31-22(30)15-6-8-17(9-7-15)32-13-18-10-11-20(33-18)21(29)26-23-25-14-28(27-23)12-16-4-2-3-5-19(16)24/h2-11,14H,12-13H2,1H3,(H,26,27,29). The fourth-order valence-electron chi connectivity index (χ4n) is 2.93. The number of halogens is 1. The number of nitrogens with one attached hydrogen (secondary N) is 1. The van der Waals surface area contributed by atoms with E-state index in [2.05, 4.69) is 20.1 Å². The third-order valence-electron chi connectivity index (χ3n) is 4.59. The van der Waals surface area contributed by atoms with Crippen molar-refractivity contribution >= 4 is 29.4 Å². The van der Waals surface area contributed by atoms with Gasteiger partial charge in [0.15, 0.2) is 5.76 Å². The highest BCUT2D eigenvalue weighted by atomic mass is 35.5. The minimum absolute atomic E-state index is 0.0945. The Morgan fingerprint density at radius 3 is 2.64 bits per heavy atom. The second-order valence-corrected chi connectivity index (χ2v) is 7.29. The fraction of sp³-hybridized carbons (Fsp3) is 0.130. The van der Waals surface area contributed by atoms with Crippen molar-refractivity contribution in [1.82, 2.24) is 14.8 Å². The molecule has 1 amide bonds. The van der Waals surface area contributed by atoms with Gasteiger partial charge in [0.1, 0.15) is 24.4 Å². The van der Waals surface area contributed by atoms with Crippen LogP contribution in [0.3, 0.4) is 0 Å². The lowest BCUT2D eigenvalue weighted by Gasteiger charge is -2.05. The van der Waals surface area contributed by atoms with Crippen molar-refractivity contribution in [1.29, 1.82) is 0 Å². The summed E-state index contributed by atoms with van der Waals surface area (Å²) < 4.78 is 17.4. The molecule has 0 saturated carbocycles. The average molecular weight is 467 g/mol. The molecule has 0 saturated heterocycles. The van der Waals surface area contributed by atoms with E-state index in [1.165, 1.54) is 19.5 Å². The Balaban J connectivity index is 1.31. The van der Waals surface area contributed by atoms with Crippen molar-refractivity contribution in [3.05, 3.63) is 94.7 Å². The van der Waals surface area contributed by atoms with Crippen molar-refractivity contribution in [2.75, 3.05) is 12.4 Å². The molecule has 2 aromatic heterocycles. The van der Waals surface area contributed by atoms with Gasteiger partial charge in [-0.3, -0.25) is 10.1 Å². The zero-order valence-corrected chi connectivity index (χ0v) is 18.3. The number of aromatic nitrogens is 3. The Morgan fingerprint density at radius 1 is 1.09 bits per heavy atom. The summed E-state index contributed by atoms with van der Waals surface area (Å²) in [6, 6.07) is 17.1. The smallest absolute Gasteiger partial charge is 0.337 e. The van der Waals surface area contributed by atoms with Crippen LogP contribution in [0.1, 0.15) is 32.2 Å². The number of amides is 1. The first-order valence-electron chi connectivity index (χ1n) is 9.86. The number of carbonyl (C=O) groups is 2. The van der Waals surface area contributed by atoms with Crippen LogP contribution in [0.2, 0.25) is 5.02 Å². The summed E-state index contributed by atoms with van der Waals surface area (Å²) in [5, 5.41) is 7.46. The van der Waals surface area contributed by atoms with Crippen molar-refractivity contribution in [2.24, 2.45) is 0 Å². The molecule has 2 heterocycles. The highest BCUT2D eigenvalue weighted by Gasteiger charge is 2.14. The van der Waals surface area contributed by atoms with Crippen molar-refractivity contribution in [3.63, 3.8) is 0 Å². The maximum Gasteiger partial charge on any atom is 0.337 e. The Bertz CT molecular complexity index is 1270. The normalized spacial score (nSPS) is 10.6. The molecule has 1 N–H and O–H groups in total. The maximum atomic E-state index is 12.5. The third kappa shape index (κ3) is 5.58. The van der Waals surface area contributed by atoms with E-state index < -0.39 is 11.9 Å². The average Bonchev–Trinajstić information content (AvgIpc) is 3.49. The van der Waals surface area contributed by atoms with Gasteiger partial charge >= 0.3 is 5.97 Å². The number of nitrogens with zero attached hydrogens (tertiary/aromatic N) is 3. The first-order chi connectivity index (χ1) is 16.0. The fourth-order valence-corrected chi connectivity index (χ4v) is 3.12. The summed E-state index contributed by atoms with van der Waals surface area (Å²) in [7, 11) is 1.32. The molecule has 0 radical (unpaired) electrons. The number of furan rings is 1. The predicted octanol–water partition coefficient (Wildman–Crippen LogP) is 4.19. The minimum Gasteiger partial charge on any atom is -0.486 e. The molecular formula is C23H19ClN4O5. The summed E-state index contributed by atoms with van der Waals surface area (Å²) in [5.74, 6) is 0.322. The largest absolute Gasteiger partial charge is 0.486 e. The van der Waals surface area contributed by atoms with Crippen LogP contribution in [-0.4, -0.2) is 33.8 Å². The lowest BCUT2D eigenvalue weighted by atomic mass is 10.2. The van der Waals surface area contributed by atoms with E-state index in [1.54, 1.807) is 41.1 Å². The van der Waals surface area contributed by atoms with Crippen molar-refractivity contribution < 1.29 is 23.5 Å². The molecule has 0 bridgehead atoms. The quantitative estimate of drug-likeness (QED) is 0.388. The summed E-state index contributed by atoms with van der Waals surface area (Å²) in [6.07, 6.45) is 1.51. The lowest BCUT2D eigenvalue weighted by molar-refractivity contribution is 0.0600.